The molecule has 1 atom stereocenters. The second-order valence-electron chi connectivity index (χ2n) is 6.24. The quantitative estimate of drug-likeness (QED) is 0.753. The molecule has 0 spiro atoms. The molecule has 7 heteroatoms. The van der Waals surface area contributed by atoms with Gasteiger partial charge in [-0.25, -0.2) is 4.68 Å². The minimum Gasteiger partial charge on any atom is -0.481 e. The molecule has 0 aromatic carbocycles. The Morgan fingerprint density at radius 3 is 2.71 bits per heavy atom. The highest BCUT2D eigenvalue weighted by molar-refractivity contribution is 5.37. The van der Waals surface area contributed by atoms with Gasteiger partial charge in [-0.3, -0.25) is 4.40 Å². The molecule has 0 aliphatic rings. The van der Waals surface area contributed by atoms with Gasteiger partial charge in [0.05, 0.1) is 24.4 Å². The van der Waals surface area contributed by atoms with Crippen molar-refractivity contribution < 1.29 is 4.74 Å². The molecule has 0 unspecified atom stereocenters. The smallest absolute Gasteiger partial charge is 0.216 e. The summed E-state index contributed by atoms with van der Waals surface area (Å²) in [6.45, 7) is 7.02. The molecule has 0 bridgehead atoms. The number of nitrogens with zero attached hydrogens (tertiary/aromatic N) is 5. The standard InChI is InChI=1S/C17H24N6O/c1-11(2)15-13(17(24-5)22(4)21-15)10-18-12(3)16-20-19-14-8-6-7-9-23(14)16/h6-9,11-12,18H,10H2,1-5H3/t12-/m1/s1. The van der Waals surface area contributed by atoms with E-state index < -0.39 is 0 Å². The first-order chi connectivity index (χ1) is 11.5. The van der Waals surface area contributed by atoms with Gasteiger partial charge in [0, 0.05) is 19.8 Å². The van der Waals surface area contributed by atoms with Crippen LogP contribution in [0.3, 0.4) is 0 Å². The van der Waals surface area contributed by atoms with Crippen LogP contribution in [0, 0.1) is 0 Å². The molecule has 0 fully saturated rings. The first kappa shape index (κ1) is 16.4. The maximum atomic E-state index is 5.53. The molecule has 3 aromatic heterocycles. The lowest BCUT2D eigenvalue weighted by Crippen LogP contribution is -2.21. The van der Waals surface area contributed by atoms with E-state index >= 15 is 0 Å². The molecule has 3 aromatic rings. The van der Waals surface area contributed by atoms with Crippen LogP contribution in [0.25, 0.3) is 5.65 Å². The van der Waals surface area contributed by atoms with E-state index in [1.54, 1.807) is 11.8 Å². The molecule has 0 saturated heterocycles. The number of hydrogen-bond acceptors (Lipinski definition) is 5. The maximum absolute atomic E-state index is 5.53. The van der Waals surface area contributed by atoms with Gasteiger partial charge in [-0.05, 0) is 25.0 Å². The monoisotopic (exact) mass is 328 g/mol. The molecule has 0 saturated carbocycles. The number of aromatic nitrogens is 5. The number of nitrogens with one attached hydrogen (secondary N) is 1. The molecule has 0 amide bonds. The average molecular weight is 328 g/mol. The van der Waals surface area contributed by atoms with Gasteiger partial charge in [0.2, 0.25) is 5.88 Å². The van der Waals surface area contributed by atoms with Crippen molar-refractivity contribution in [1.29, 1.82) is 0 Å². The fourth-order valence-electron chi connectivity index (χ4n) is 2.96. The summed E-state index contributed by atoms with van der Waals surface area (Å²) in [5, 5.41) is 16.6. The van der Waals surface area contributed by atoms with Crippen molar-refractivity contribution in [3.8, 4) is 5.88 Å². The van der Waals surface area contributed by atoms with Crippen molar-refractivity contribution in [2.75, 3.05) is 7.11 Å². The highest BCUT2D eigenvalue weighted by atomic mass is 16.5. The van der Waals surface area contributed by atoms with Gasteiger partial charge in [0.15, 0.2) is 11.5 Å². The Kier molecular flexibility index (Phi) is 4.53. The Morgan fingerprint density at radius 1 is 1.21 bits per heavy atom. The van der Waals surface area contributed by atoms with E-state index in [9.17, 15) is 0 Å². The summed E-state index contributed by atoms with van der Waals surface area (Å²) in [6.07, 6.45) is 1.98. The number of ether oxygens (including phenoxy) is 1. The molecule has 3 rings (SSSR count). The van der Waals surface area contributed by atoms with E-state index in [1.807, 2.05) is 35.8 Å². The van der Waals surface area contributed by atoms with E-state index in [-0.39, 0.29) is 6.04 Å². The fraction of sp³-hybridized carbons (Fsp3) is 0.471. The van der Waals surface area contributed by atoms with Crippen LogP contribution in [-0.2, 0) is 13.6 Å². The van der Waals surface area contributed by atoms with Crippen molar-refractivity contribution in [2.45, 2.75) is 39.3 Å². The minimum atomic E-state index is 0.0484. The second-order valence-corrected chi connectivity index (χ2v) is 6.24. The predicted molar refractivity (Wildman–Crippen MR) is 92.1 cm³/mol. The van der Waals surface area contributed by atoms with Crippen molar-refractivity contribution in [3.63, 3.8) is 0 Å². The lowest BCUT2D eigenvalue weighted by atomic mass is 10.1. The van der Waals surface area contributed by atoms with Crippen LogP contribution in [0.5, 0.6) is 5.88 Å². The summed E-state index contributed by atoms with van der Waals surface area (Å²) in [6, 6.07) is 5.94. The predicted octanol–water partition coefficient (Wildman–Crippen LogP) is 2.45. The molecule has 128 valence electrons. The van der Waals surface area contributed by atoms with E-state index in [1.165, 1.54) is 0 Å². The number of rotatable bonds is 6. The zero-order valence-electron chi connectivity index (χ0n) is 14.8. The fourth-order valence-corrected chi connectivity index (χ4v) is 2.96. The SMILES string of the molecule is COc1c(CN[C@H](C)c2nnc3ccccn23)c(C(C)C)nn1C. The summed E-state index contributed by atoms with van der Waals surface area (Å²) in [7, 11) is 3.59. The minimum absolute atomic E-state index is 0.0484. The second kappa shape index (κ2) is 6.60. The van der Waals surface area contributed by atoms with Crippen molar-refractivity contribution >= 4 is 5.65 Å². The number of hydrogen-bond donors (Lipinski definition) is 1. The zero-order valence-corrected chi connectivity index (χ0v) is 14.8. The molecule has 0 radical (unpaired) electrons. The van der Waals surface area contributed by atoms with Crippen molar-refractivity contribution in [1.82, 2.24) is 29.7 Å². The molecular formula is C17H24N6O. The summed E-state index contributed by atoms with van der Waals surface area (Å²) in [5.74, 6) is 2.02. The Bertz CT molecular complexity index is 835. The third-order valence-electron chi connectivity index (χ3n) is 4.17. The molecule has 0 aliphatic heterocycles. The van der Waals surface area contributed by atoms with Crippen LogP contribution >= 0.6 is 0 Å². The largest absolute Gasteiger partial charge is 0.481 e. The molecule has 3 heterocycles. The van der Waals surface area contributed by atoms with Gasteiger partial charge in [-0.1, -0.05) is 19.9 Å². The number of aryl methyl sites for hydroxylation is 1. The van der Waals surface area contributed by atoms with Crippen LogP contribution in [0.4, 0.5) is 0 Å². The third kappa shape index (κ3) is 2.87. The third-order valence-corrected chi connectivity index (χ3v) is 4.17. The maximum Gasteiger partial charge on any atom is 0.216 e. The van der Waals surface area contributed by atoms with Gasteiger partial charge >= 0.3 is 0 Å². The van der Waals surface area contributed by atoms with Crippen LogP contribution in [0.15, 0.2) is 24.4 Å². The highest BCUT2D eigenvalue weighted by Gasteiger charge is 2.21. The molecular weight excluding hydrogens is 304 g/mol. The highest BCUT2D eigenvalue weighted by Crippen LogP contribution is 2.27. The summed E-state index contributed by atoms with van der Waals surface area (Å²) >= 11 is 0. The lowest BCUT2D eigenvalue weighted by Gasteiger charge is -2.14. The summed E-state index contributed by atoms with van der Waals surface area (Å²) in [5.41, 5.74) is 3.00. The van der Waals surface area contributed by atoms with E-state index in [0.29, 0.717) is 12.5 Å². The van der Waals surface area contributed by atoms with Gasteiger partial charge in [0.1, 0.15) is 0 Å². The lowest BCUT2D eigenvalue weighted by molar-refractivity contribution is 0.366. The van der Waals surface area contributed by atoms with Crippen LogP contribution in [0.2, 0.25) is 0 Å². The van der Waals surface area contributed by atoms with Crippen LogP contribution in [0.1, 0.15) is 49.8 Å². The van der Waals surface area contributed by atoms with Crippen LogP contribution in [-0.4, -0.2) is 31.5 Å². The van der Waals surface area contributed by atoms with Gasteiger partial charge < -0.3 is 10.1 Å². The Labute approximate surface area is 141 Å². The van der Waals surface area contributed by atoms with Gasteiger partial charge in [-0.2, -0.15) is 5.10 Å². The van der Waals surface area contributed by atoms with E-state index in [2.05, 4.69) is 41.4 Å². The van der Waals surface area contributed by atoms with Crippen LogP contribution < -0.4 is 10.1 Å². The van der Waals surface area contributed by atoms with Gasteiger partial charge in [0.25, 0.3) is 0 Å². The average Bonchev–Trinajstić information content (AvgIpc) is 3.13. The Hall–Kier alpha value is -2.41. The Balaban J connectivity index is 1.83. The first-order valence-corrected chi connectivity index (χ1v) is 8.15. The molecule has 0 aliphatic carbocycles. The molecule has 24 heavy (non-hydrogen) atoms. The molecule has 1 N–H and O–H groups in total. The first-order valence-electron chi connectivity index (χ1n) is 8.15. The topological polar surface area (TPSA) is 69.3 Å². The Morgan fingerprint density at radius 2 is 2.00 bits per heavy atom. The summed E-state index contributed by atoms with van der Waals surface area (Å²) in [4.78, 5) is 0. The van der Waals surface area contributed by atoms with Crippen molar-refractivity contribution in [2.24, 2.45) is 7.05 Å². The number of methoxy groups -OCH3 is 1. The normalized spacial score (nSPS) is 12.9. The summed E-state index contributed by atoms with van der Waals surface area (Å²) < 4.78 is 9.32. The number of pyridine rings is 1. The van der Waals surface area contributed by atoms with Gasteiger partial charge in [-0.15, -0.1) is 10.2 Å². The van der Waals surface area contributed by atoms with E-state index in [4.69, 9.17) is 4.74 Å². The zero-order chi connectivity index (χ0) is 17.3. The number of fused-ring (bicyclic) bond motifs is 1. The van der Waals surface area contributed by atoms with E-state index in [0.717, 1.165) is 28.6 Å². The van der Waals surface area contributed by atoms with Crippen molar-refractivity contribution in [3.05, 3.63) is 41.5 Å². The molecule has 7 nitrogen and oxygen atoms in total.